The van der Waals surface area contributed by atoms with Gasteiger partial charge in [-0.15, -0.1) is 0 Å². The lowest BCUT2D eigenvalue weighted by Crippen LogP contribution is -2.27. The zero-order valence-electron chi connectivity index (χ0n) is 22.4. The van der Waals surface area contributed by atoms with E-state index in [1.54, 1.807) is 25.8 Å². The summed E-state index contributed by atoms with van der Waals surface area (Å²) in [5.74, 6) is 0.640. The predicted octanol–water partition coefficient (Wildman–Crippen LogP) is 4.51. The van der Waals surface area contributed by atoms with Crippen molar-refractivity contribution in [3.05, 3.63) is 22.9 Å². The lowest BCUT2D eigenvalue weighted by molar-refractivity contribution is -0.146. The molecule has 2 heterocycles. The number of rotatable bonds is 10. The predicted molar refractivity (Wildman–Crippen MR) is 135 cm³/mol. The minimum Gasteiger partial charge on any atom is -0.488 e. The van der Waals surface area contributed by atoms with Crippen molar-refractivity contribution in [3.8, 4) is 23.0 Å². The van der Waals surface area contributed by atoms with Crippen LogP contribution >= 0.6 is 0 Å². The molecule has 0 unspecified atom stereocenters. The summed E-state index contributed by atoms with van der Waals surface area (Å²) in [6, 6.07) is 0. The molecule has 0 aromatic heterocycles. The van der Waals surface area contributed by atoms with Gasteiger partial charge in [0.25, 0.3) is 0 Å². The maximum absolute atomic E-state index is 12.8. The summed E-state index contributed by atoms with van der Waals surface area (Å²) in [6.07, 6.45) is 1.65. The van der Waals surface area contributed by atoms with Gasteiger partial charge >= 0.3 is 11.9 Å². The van der Waals surface area contributed by atoms with E-state index < -0.39 is 11.9 Å². The number of esters is 2. The van der Waals surface area contributed by atoms with Crippen LogP contribution in [0.15, 0.2) is 22.9 Å². The Morgan fingerprint density at radius 1 is 0.667 bits per heavy atom. The highest BCUT2D eigenvalue weighted by atomic mass is 16.6. The normalized spacial score (nSPS) is 13.6. The topological polar surface area (TPSA) is 96.0 Å². The summed E-state index contributed by atoms with van der Waals surface area (Å²) in [5.41, 5.74) is 1.92. The van der Waals surface area contributed by atoms with Crippen molar-refractivity contribution in [3.63, 3.8) is 0 Å². The number of benzene rings is 1. The monoisotopic (exact) mass is 504 g/mol. The molecular weight excluding hydrogens is 468 g/mol. The minimum atomic E-state index is -0.844. The number of fused-ring (bicyclic) bond motifs is 2. The van der Waals surface area contributed by atoms with Crippen LogP contribution in [0.2, 0.25) is 0 Å². The molecule has 0 bridgehead atoms. The fraction of sp³-hybridized carbons (Fsp3) is 0.538. The Balaban J connectivity index is 2.32. The molecule has 36 heavy (non-hydrogen) atoms. The van der Waals surface area contributed by atoms with Crippen molar-refractivity contribution in [2.75, 3.05) is 50.3 Å². The molecule has 10 nitrogen and oxygen atoms in total. The Hall–Kier alpha value is -3.56. The lowest BCUT2D eigenvalue weighted by atomic mass is 10.1. The molecule has 10 heteroatoms. The van der Waals surface area contributed by atoms with Crippen LogP contribution in [-0.2, 0) is 19.1 Å². The number of ether oxygens (including phenoxy) is 6. The molecule has 0 fully saturated rings. The molecule has 1 aromatic rings. The lowest BCUT2D eigenvalue weighted by Gasteiger charge is -2.20. The molecule has 1 aromatic carbocycles. The standard InChI is InChI=1S/C26H36N2O8/c1-9-15(10-2)23-27(7)17-19(31-11-3)22-18(20(32-12-4)21(17)35-23)28(8)24(36-22)16(25(29)33-13-5)26(30)34-14-6/h9-14H2,1-8H3. The van der Waals surface area contributed by atoms with Gasteiger partial charge < -0.3 is 38.2 Å². The van der Waals surface area contributed by atoms with Crippen LogP contribution in [-0.4, -0.2) is 52.5 Å². The molecule has 198 valence electrons. The molecule has 0 saturated heterocycles. The number of hydrogen-bond acceptors (Lipinski definition) is 10. The Bertz CT molecular complexity index is 1060. The third-order valence-electron chi connectivity index (χ3n) is 5.86. The number of nitrogens with zero attached hydrogens (tertiary/aromatic N) is 2. The molecule has 0 aliphatic carbocycles. The van der Waals surface area contributed by atoms with Gasteiger partial charge in [0.15, 0.2) is 17.4 Å². The van der Waals surface area contributed by atoms with Gasteiger partial charge in [0.1, 0.15) is 11.4 Å². The van der Waals surface area contributed by atoms with E-state index >= 15 is 0 Å². The van der Waals surface area contributed by atoms with Crippen LogP contribution in [0.4, 0.5) is 11.4 Å². The first-order valence-electron chi connectivity index (χ1n) is 12.4. The second kappa shape index (κ2) is 11.5. The first-order chi connectivity index (χ1) is 17.3. The maximum Gasteiger partial charge on any atom is 0.351 e. The SMILES string of the molecule is CCOC(=O)C(C(=O)OCC)=C1Oc2c(OCC)c3c(c(OCC)c2N1C)OC(=C(CC)CC)N3C. The van der Waals surface area contributed by atoms with Crippen molar-refractivity contribution in [1.29, 1.82) is 0 Å². The Morgan fingerprint density at radius 3 is 1.47 bits per heavy atom. The van der Waals surface area contributed by atoms with E-state index in [2.05, 4.69) is 13.8 Å². The van der Waals surface area contributed by atoms with E-state index in [9.17, 15) is 9.59 Å². The van der Waals surface area contributed by atoms with Crippen LogP contribution in [0.1, 0.15) is 54.4 Å². The fourth-order valence-electron chi connectivity index (χ4n) is 4.27. The summed E-state index contributed by atoms with van der Waals surface area (Å²) in [4.78, 5) is 29.1. The van der Waals surface area contributed by atoms with Gasteiger partial charge in [-0.1, -0.05) is 13.8 Å². The number of hydrogen-bond donors (Lipinski definition) is 0. The molecule has 0 amide bonds. The van der Waals surface area contributed by atoms with Crippen molar-refractivity contribution < 1.29 is 38.0 Å². The van der Waals surface area contributed by atoms with E-state index in [-0.39, 0.29) is 24.7 Å². The maximum atomic E-state index is 12.8. The molecule has 0 spiro atoms. The van der Waals surface area contributed by atoms with Crippen LogP contribution in [0.5, 0.6) is 23.0 Å². The van der Waals surface area contributed by atoms with Crippen LogP contribution in [0.25, 0.3) is 0 Å². The zero-order valence-corrected chi connectivity index (χ0v) is 22.4. The minimum absolute atomic E-state index is 0.0336. The highest BCUT2D eigenvalue weighted by molar-refractivity contribution is 6.15. The first-order valence-corrected chi connectivity index (χ1v) is 12.4. The average Bonchev–Trinajstić information content (AvgIpc) is 3.36. The highest BCUT2D eigenvalue weighted by Gasteiger charge is 2.45. The number of anilines is 2. The van der Waals surface area contributed by atoms with Gasteiger partial charge in [-0.05, 0) is 46.1 Å². The average molecular weight is 505 g/mol. The molecule has 2 aliphatic rings. The van der Waals surface area contributed by atoms with E-state index in [0.29, 0.717) is 47.6 Å². The molecule has 0 atom stereocenters. The second-order valence-corrected chi connectivity index (χ2v) is 7.94. The Morgan fingerprint density at radius 2 is 1.08 bits per heavy atom. The van der Waals surface area contributed by atoms with E-state index in [1.807, 2.05) is 25.8 Å². The third-order valence-corrected chi connectivity index (χ3v) is 5.86. The van der Waals surface area contributed by atoms with Crippen LogP contribution in [0, 0.1) is 0 Å². The van der Waals surface area contributed by atoms with Gasteiger partial charge in [0, 0.05) is 14.1 Å². The number of carbonyl (C=O) groups is 2. The quantitative estimate of drug-likeness (QED) is 0.196. The summed E-state index contributed by atoms with van der Waals surface area (Å²) in [6.45, 7) is 12.1. The van der Waals surface area contributed by atoms with Crippen molar-refractivity contribution in [2.45, 2.75) is 54.4 Å². The van der Waals surface area contributed by atoms with Gasteiger partial charge in [0.2, 0.25) is 23.0 Å². The van der Waals surface area contributed by atoms with E-state index in [4.69, 9.17) is 28.4 Å². The number of carbonyl (C=O) groups excluding carboxylic acids is 2. The summed E-state index contributed by atoms with van der Waals surface area (Å²) < 4.78 is 35.0. The van der Waals surface area contributed by atoms with Gasteiger partial charge in [-0.2, -0.15) is 0 Å². The van der Waals surface area contributed by atoms with Crippen molar-refractivity contribution in [1.82, 2.24) is 0 Å². The van der Waals surface area contributed by atoms with Gasteiger partial charge in [-0.25, -0.2) is 9.59 Å². The van der Waals surface area contributed by atoms with Gasteiger partial charge in [-0.3, -0.25) is 0 Å². The summed E-state index contributed by atoms with van der Waals surface area (Å²) in [5, 5.41) is 0. The van der Waals surface area contributed by atoms with E-state index in [1.165, 1.54) is 0 Å². The second-order valence-electron chi connectivity index (χ2n) is 7.94. The fourth-order valence-corrected chi connectivity index (χ4v) is 4.27. The number of allylic oxidation sites excluding steroid dienone is 1. The molecule has 0 saturated carbocycles. The summed E-state index contributed by atoms with van der Waals surface area (Å²) in [7, 11) is 3.57. The van der Waals surface area contributed by atoms with Crippen LogP contribution in [0.3, 0.4) is 0 Å². The van der Waals surface area contributed by atoms with E-state index in [0.717, 1.165) is 24.3 Å². The van der Waals surface area contributed by atoms with Crippen molar-refractivity contribution >= 4 is 23.3 Å². The zero-order chi connectivity index (χ0) is 26.6. The van der Waals surface area contributed by atoms with Crippen molar-refractivity contribution in [2.24, 2.45) is 0 Å². The third kappa shape index (κ3) is 4.52. The molecule has 0 radical (unpaired) electrons. The van der Waals surface area contributed by atoms with Crippen LogP contribution < -0.4 is 28.7 Å². The smallest absolute Gasteiger partial charge is 0.351 e. The van der Waals surface area contributed by atoms with Gasteiger partial charge in [0.05, 0.1) is 26.4 Å². The largest absolute Gasteiger partial charge is 0.488 e. The first kappa shape index (κ1) is 27.0. The highest BCUT2D eigenvalue weighted by Crippen LogP contribution is 2.64. The molecular formula is C26H36N2O8. The Labute approximate surface area is 212 Å². The molecule has 2 aliphatic heterocycles. The summed E-state index contributed by atoms with van der Waals surface area (Å²) >= 11 is 0. The molecule has 3 rings (SSSR count). The Kier molecular flexibility index (Phi) is 8.60. The molecule has 0 N–H and O–H groups in total.